The lowest BCUT2D eigenvalue weighted by atomic mass is 10.00. The fourth-order valence-electron chi connectivity index (χ4n) is 1.68. The number of rotatable bonds is 3. The summed E-state index contributed by atoms with van der Waals surface area (Å²) in [4.78, 5) is 17.0. The highest BCUT2D eigenvalue weighted by molar-refractivity contribution is 5.91. The molecule has 1 saturated heterocycles. The van der Waals surface area contributed by atoms with Crippen LogP contribution in [0.5, 0.6) is 0 Å². The summed E-state index contributed by atoms with van der Waals surface area (Å²) in [6.07, 6.45) is 1.60. The van der Waals surface area contributed by atoms with Gasteiger partial charge in [-0.25, -0.2) is 0 Å². The Balaban J connectivity index is 2.10. The maximum absolute atomic E-state index is 10.9. The summed E-state index contributed by atoms with van der Waals surface area (Å²) in [7, 11) is 0. The summed E-state index contributed by atoms with van der Waals surface area (Å²) in [5.74, 6) is 0.0722. The number of carbonyl (C=O) groups excluding carboxylic acids is 1. The Kier molecular flexibility index (Phi) is 2.55. The highest BCUT2D eigenvalue weighted by atomic mass is 16.1. The number of amides is 1. The SMILES string of the molecule is NCC1CN(c2ccnc(C(N)=O)c2)C1. The van der Waals surface area contributed by atoms with Crippen LogP contribution in [0.3, 0.4) is 0 Å². The second kappa shape index (κ2) is 3.86. The van der Waals surface area contributed by atoms with Crippen LogP contribution in [0.15, 0.2) is 18.3 Å². The molecule has 5 nitrogen and oxygen atoms in total. The first-order chi connectivity index (χ1) is 7.20. The quantitative estimate of drug-likeness (QED) is 0.703. The van der Waals surface area contributed by atoms with Gasteiger partial charge in [-0.2, -0.15) is 0 Å². The van der Waals surface area contributed by atoms with Gasteiger partial charge in [-0.1, -0.05) is 0 Å². The zero-order valence-electron chi connectivity index (χ0n) is 8.39. The maximum Gasteiger partial charge on any atom is 0.267 e. The number of hydrogen-bond donors (Lipinski definition) is 2. The van der Waals surface area contributed by atoms with E-state index in [2.05, 4.69) is 9.88 Å². The molecule has 1 aliphatic rings. The molecule has 1 fully saturated rings. The molecule has 1 aliphatic heterocycles. The van der Waals surface area contributed by atoms with E-state index in [-0.39, 0.29) is 0 Å². The van der Waals surface area contributed by atoms with Crippen LogP contribution in [0.1, 0.15) is 10.5 Å². The Labute approximate surface area is 88.1 Å². The van der Waals surface area contributed by atoms with Crippen LogP contribution in [0.25, 0.3) is 0 Å². The van der Waals surface area contributed by atoms with E-state index in [1.807, 2.05) is 6.07 Å². The lowest BCUT2D eigenvalue weighted by Gasteiger charge is -2.40. The van der Waals surface area contributed by atoms with Crippen molar-refractivity contribution in [2.45, 2.75) is 0 Å². The van der Waals surface area contributed by atoms with Gasteiger partial charge in [0.1, 0.15) is 5.69 Å². The smallest absolute Gasteiger partial charge is 0.267 e. The molecule has 0 aromatic carbocycles. The van der Waals surface area contributed by atoms with Gasteiger partial charge in [-0.05, 0) is 18.7 Å². The third-order valence-corrected chi connectivity index (χ3v) is 2.65. The number of carbonyl (C=O) groups is 1. The summed E-state index contributed by atoms with van der Waals surface area (Å²) in [6.45, 7) is 2.60. The first-order valence-corrected chi connectivity index (χ1v) is 4.91. The molecule has 1 aromatic rings. The van der Waals surface area contributed by atoms with Crippen molar-refractivity contribution < 1.29 is 4.79 Å². The molecular weight excluding hydrogens is 192 g/mol. The maximum atomic E-state index is 10.9. The van der Waals surface area contributed by atoms with Crippen molar-refractivity contribution >= 4 is 11.6 Å². The topological polar surface area (TPSA) is 85.2 Å². The third-order valence-electron chi connectivity index (χ3n) is 2.65. The zero-order valence-corrected chi connectivity index (χ0v) is 8.39. The van der Waals surface area contributed by atoms with Gasteiger partial charge in [0.05, 0.1) is 0 Å². The van der Waals surface area contributed by atoms with Crippen molar-refractivity contribution in [1.29, 1.82) is 0 Å². The van der Waals surface area contributed by atoms with Crippen molar-refractivity contribution in [2.24, 2.45) is 17.4 Å². The highest BCUT2D eigenvalue weighted by Crippen LogP contribution is 2.23. The number of hydrogen-bond acceptors (Lipinski definition) is 4. The van der Waals surface area contributed by atoms with Crippen molar-refractivity contribution in [3.63, 3.8) is 0 Å². The normalized spacial score (nSPS) is 16.2. The molecule has 5 heteroatoms. The standard InChI is InChI=1S/C10H14N4O/c11-4-7-5-14(6-7)8-1-2-13-9(3-8)10(12)15/h1-3,7H,4-6,11H2,(H2,12,15). The van der Waals surface area contributed by atoms with E-state index in [1.165, 1.54) is 0 Å². The van der Waals surface area contributed by atoms with E-state index < -0.39 is 5.91 Å². The highest BCUT2D eigenvalue weighted by Gasteiger charge is 2.25. The Bertz CT molecular complexity index is 373. The molecule has 0 radical (unpaired) electrons. The van der Waals surface area contributed by atoms with Gasteiger partial charge in [0.2, 0.25) is 0 Å². The van der Waals surface area contributed by atoms with E-state index >= 15 is 0 Å². The number of anilines is 1. The molecule has 0 saturated carbocycles. The average molecular weight is 206 g/mol. The van der Waals surface area contributed by atoms with Crippen molar-refractivity contribution in [3.8, 4) is 0 Å². The number of nitrogens with two attached hydrogens (primary N) is 2. The van der Waals surface area contributed by atoms with Gasteiger partial charge in [0.25, 0.3) is 5.91 Å². The summed E-state index contributed by atoms with van der Waals surface area (Å²) in [6, 6.07) is 3.59. The van der Waals surface area contributed by atoms with E-state index in [4.69, 9.17) is 11.5 Å². The first kappa shape index (κ1) is 9.92. The minimum atomic E-state index is -0.493. The van der Waals surface area contributed by atoms with Gasteiger partial charge in [0, 0.05) is 30.9 Å². The Morgan fingerprint density at radius 3 is 2.93 bits per heavy atom. The molecule has 80 valence electrons. The molecule has 1 aromatic heterocycles. The van der Waals surface area contributed by atoms with E-state index in [0.29, 0.717) is 18.2 Å². The molecule has 2 rings (SSSR count). The van der Waals surface area contributed by atoms with Crippen LogP contribution in [0.4, 0.5) is 5.69 Å². The summed E-state index contributed by atoms with van der Waals surface area (Å²) in [5, 5.41) is 0. The Hall–Kier alpha value is -1.62. The van der Waals surface area contributed by atoms with Crippen LogP contribution in [0.2, 0.25) is 0 Å². The first-order valence-electron chi connectivity index (χ1n) is 4.91. The minimum absolute atomic E-state index is 0.309. The van der Waals surface area contributed by atoms with Crippen LogP contribution >= 0.6 is 0 Å². The van der Waals surface area contributed by atoms with Crippen LogP contribution < -0.4 is 16.4 Å². The lowest BCUT2D eigenvalue weighted by molar-refractivity contribution is 0.0995. The summed E-state index contributed by atoms with van der Waals surface area (Å²) >= 11 is 0. The predicted molar refractivity (Wildman–Crippen MR) is 57.5 cm³/mol. The van der Waals surface area contributed by atoms with Crippen LogP contribution in [-0.2, 0) is 0 Å². The van der Waals surface area contributed by atoms with Crippen molar-refractivity contribution in [3.05, 3.63) is 24.0 Å². The van der Waals surface area contributed by atoms with Crippen molar-refractivity contribution in [2.75, 3.05) is 24.5 Å². The second-order valence-electron chi connectivity index (χ2n) is 3.77. The molecule has 0 unspecified atom stereocenters. The molecule has 0 bridgehead atoms. The molecule has 2 heterocycles. The fourth-order valence-corrected chi connectivity index (χ4v) is 1.68. The van der Waals surface area contributed by atoms with Gasteiger partial charge < -0.3 is 16.4 Å². The monoisotopic (exact) mass is 206 g/mol. The van der Waals surface area contributed by atoms with Gasteiger partial charge >= 0.3 is 0 Å². The zero-order chi connectivity index (χ0) is 10.8. The molecule has 0 aliphatic carbocycles. The summed E-state index contributed by atoms with van der Waals surface area (Å²) in [5.41, 5.74) is 12.0. The third kappa shape index (κ3) is 1.92. The largest absolute Gasteiger partial charge is 0.371 e. The number of nitrogens with zero attached hydrogens (tertiary/aromatic N) is 2. The van der Waals surface area contributed by atoms with Crippen molar-refractivity contribution in [1.82, 2.24) is 4.98 Å². The number of pyridine rings is 1. The Morgan fingerprint density at radius 2 is 2.33 bits per heavy atom. The average Bonchev–Trinajstić information content (AvgIpc) is 2.16. The van der Waals surface area contributed by atoms with Gasteiger partial charge in [-0.3, -0.25) is 9.78 Å². The molecule has 1 amide bonds. The number of primary amides is 1. The molecule has 15 heavy (non-hydrogen) atoms. The number of aromatic nitrogens is 1. The molecule has 0 atom stereocenters. The van der Waals surface area contributed by atoms with Gasteiger partial charge in [-0.15, -0.1) is 0 Å². The molecule has 4 N–H and O–H groups in total. The van der Waals surface area contributed by atoms with Crippen LogP contribution in [0, 0.1) is 5.92 Å². The van der Waals surface area contributed by atoms with Gasteiger partial charge in [0.15, 0.2) is 0 Å². The minimum Gasteiger partial charge on any atom is -0.371 e. The summed E-state index contributed by atoms with van der Waals surface area (Å²) < 4.78 is 0. The van der Waals surface area contributed by atoms with E-state index in [9.17, 15) is 4.79 Å². The van der Waals surface area contributed by atoms with E-state index in [0.717, 1.165) is 18.8 Å². The van der Waals surface area contributed by atoms with Crippen LogP contribution in [-0.4, -0.2) is 30.5 Å². The molecule has 0 spiro atoms. The molecular formula is C10H14N4O. The second-order valence-corrected chi connectivity index (χ2v) is 3.77. The van der Waals surface area contributed by atoms with E-state index in [1.54, 1.807) is 12.3 Å². The predicted octanol–water partition coefficient (Wildman–Crippen LogP) is -0.425. The fraction of sp³-hybridized carbons (Fsp3) is 0.400. The lowest BCUT2D eigenvalue weighted by Crippen LogP contribution is -2.50. The Morgan fingerprint density at radius 1 is 1.60 bits per heavy atom.